The SMILES string of the molecule is CCNc1cccc2c1=C(N)CCC=2. The van der Waals surface area contributed by atoms with Crippen molar-refractivity contribution in [3.05, 3.63) is 28.6 Å². The third kappa shape index (κ3) is 1.48. The van der Waals surface area contributed by atoms with E-state index < -0.39 is 0 Å². The van der Waals surface area contributed by atoms with Crippen LogP contribution in [0.25, 0.3) is 11.8 Å². The van der Waals surface area contributed by atoms with Crippen LogP contribution in [0.3, 0.4) is 0 Å². The van der Waals surface area contributed by atoms with Crippen LogP contribution < -0.4 is 21.5 Å². The second kappa shape index (κ2) is 3.74. The van der Waals surface area contributed by atoms with Gasteiger partial charge in [0, 0.05) is 23.1 Å². The van der Waals surface area contributed by atoms with Crippen molar-refractivity contribution in [2.24, 2.45) is 5.73 Å². The summed E-state index contributed by atoms with van der Waals surface area (Å²) in [6.45, 7) is 3.03. The van der Waals surface area contributed by atoms with Crippen LogP contribution in [0.4, 0.5) is 5.69 Å². The molecular weight excluding hydrogens is 172 g/mol. The van der Waals surface area contributed by atoms with Gasteiger partial charge < -0.3 is 11.1 Å². The third-order valence-electron chi connectivity index (χ3n) is 2.56. The molecule has 0 aliphatic heterocycles. The van der Waals surface area contributed by atoms with Gasteiger partial charge in [-0.1, -0.05) is 18.2 Å². The first-order chi connectivity index (χ1) is 6.83. The molecule has 1 aliphatic carbocycles. The molecule has 0 radical (unpaired) electrons. The Balaban J connectivity index is 2.71. The molecule has 0 saturated heterocycles. The summed E-state index contributed by atoms with van der Waals surface area (Å²) in [7, 11) is 0. The van der Waals surface area contributed by atoms with Crippen molar-refractivity contribution in [3.8, 4) is 0 Å². The lowest BCUT2D eigenvalue weighted by Crippen LogP contribution is -2.34. The number of nitrogens with two attached hydrogens (primary N) is 1. The molecule has 0 saturated carbocycles. The Kier molecular flexibility index (Phi) is 2.44. The zero-order valence-electron chi connectivity index (χ0n) is 8.51. The molecule has 0 bridgehead atoms. The van der Waals surface area contributed by atoms with Gasteiger partial charge in [0.2, 0.25) is 0 Å². The number of fused-ring (bicyclic) bond motifs is 1. The van der Waals surface area contributed by atoms with Gasteiger partial charge in [0.25, 0.3) is 0 Å². The van der Waals surface area contributed by atoms with E-state index >= 15 is 0 Å². The zero-order valence-corrected chi connectivity index (χ0v) is 8.51. The predicted molar refractivity (Wildman–Crippen MR) is 61.2 cm³/mol. The molecular formula is C12H16N2. The van der Waals surface area contributed by atoms with Crippen molar-refractivity contribution in [1.82, 2.24) is 0 Å². The highest BCUT2D eigenvalue weighted by Gasteiger charge is 2.03. The van der Waals surface area contributed by atoms with E-state index in [0.29, 0.717) is 0 Å². The molecule has 1 aromatic carbocycles. The van der Waals surface area contributed by atoms with Crippen molar-refractivity contribution in [2.75, 3.05) is 11.9 Å². The predicted octanol–water partition coefficient (Wildman–Crippen LogP) is 0.760. The summed E-state index contributed by atoms with van der Waals surface area (Å²) in [5.41, 5.74) is 8.21. The fraction of sp³-hybridized carbons (Fsp3) is 0.333. The van der Waals surface area contributed by atoms with Crippen LogP contribution in [0.1, 0.15) is 19.8 Å². The van der Waals surface area contributed by atoms with Crippen LogP contribution in [0, 0.1) is 0 Å². The van der Waals surface area contributed by atoms with E-state index in [2.05, 4.69) is 36.5 Å². The van der Waals surface area contributed by atoms with E-state index in [0.717, 1.165) is 25.1 Å². The van der Waals surface area contributed by atoms with Crippen LogP contribution in [-0.4, -0.2) is 6.54 Å². The number of rotatable bonds is 2. The molecule has 1 aliphatic rings. The lowest BCUT2D eigenvalue weighted by Gasteiger charge is -2.11. The highest BCUT2D eigenvalue weighted by atomic mass is 14.9. The summed E-state index contributed by atoms with van der Waals surface area (Å²) in [6.07, 6.45) is 4.30. The Labute approximate surface area is 84.1 Å². The Morgan fingerprint density at radius 2 is 2.29 bits per heavy atom. The zero-order chi connectivity index (χ0) is 9.97. The molecule has 0 amide bonds. The molecule has 0 heterocycles. The molecule has 0 aromatic heterocycles. The molecule has 3 N–H and O–H groups in total. The average molecular weight is 188 g/mol. The Morgan fingerprint density at radius 3 is 3.07 bits per heavy atom. The molecule has 2 heteroatoms. The van der Waals surface area contributed by atoms with E-state index in [9.17, 15) is 0 Å². The molecule has 2 rings (SSSR count). The van der Waals surface area contributed by atoms with Gasteiger partial charge >= 0.3 is 0 Å². The lowest BCUT2D eigenvalue weighted by atomic mass is 10.0. The average Bonchev–Trinajstić information content (AvgIpc) is 2.19. The molecule has 0 unspecified atom stereocenters. The summed E-state index contributed by atoms with van der Waals surface area (Å²) in [6, 6.07) is 6.29. The van der Waals surface area contributed by atoms with Crippen LogP contribution in [0.15, 0.2) is 18.2 Å². The van der Waals surface area contributed by atoms with Gasteiger partial charge in [-0.15, -0.1) is 0 Å². The summed E-state index contributed by atoms with van der Waals surface area (Å²) >= 11 is 0. The van der Waals surface area contributed by atoms with E-state index in [1.165, 1.54) is 16.1 Å². The second-order valence-corrected chi connectivity index (χ2v) is 3.57. The lowest BCUT2D eigenvalue weighted by molar-refractivity contribution is 1.05. The maximum absolute atomic E-state index is 6.03. The van der Waals surface area contributed by atoms with E-state index in [4.69, 9.17) is 5.73 Å². The molecule has 2 nitrogen and oxygen atoms in total. The highest BCUT2D eigenvalue weighted by molar-refractivity contribution is 5.59. The first kappa shape index (κ1) is 9.13. The fourth-order valence-corrected chi connectivity index (χ4v) is 1.94. The molecule has 0 spiro atoms. The second-order valence-electron chi connectivity index (χ2n) is 3.57. The maximum atomic E-state index is 6.03. The summed E-state index contributed by atoms with van der Waals surface area (Å²) in [4.78, 5) is 0. The first-order valence-electron chi connectivity index (χ1n) is 5.14. The number of benzene rings is 1. The van der Waals surface area contributed by atoms with Crippen molar-refractivity contribution >= 4 is 17.5 Å². The smallest absolute Gasteiger partial charge is 0.0437 e. The highest BCUT2D eigenvalue weighted by Crippen LogP contribution is 2.05. The van der Waals surface area contributed by atoms with Gasteiger partial charge in [-0.2, -0.15) is 0 Å². The minimum absolute atomic E-state index is 0.934. The molecule has 14 heavy (non-hydrogen) atoms. The van der Waals surface area contributed by atoms with Gasteiger partial charge in [0.15, 0.2) is 0 Å². The Bertz CT molecular complexity index is 446. The fourth-order valence-electron chi connectivity index (χ4n) is 1.94. The van der Waals surface area contributed by atoms with Gasteiger partial charge in [-0.25, -0.2) is 0 Å². The minimum Gasteiger partial charge on any atom is -0.401 e. The van der Waals surface area contributed by atoms with Crippen molar-refractivity contribution < 1.29 is 0 Å². The normalized spacial score (nSPS) is 14.5. The van der Waals surface area contributed by atoms with Gasteiger partial charge in [0.05, 0.1) is 0 Å². The summed E-state index contributed by atoms with van der Waals surface area (Å²) in [5, 5.41) is 5.82. The van der Waals surface area contributed by atoms with Gasteiger partial charge in [-0.05, 0) is 31.1 Å². The Hall–Kier alpha value is -1.44. The van der Waals surface area contributed by atoms with Crippen LogP contribution in [0.2, 0.25) is 0 Å². The van der Waals surface area contributed by atoms with Crippen molar-refractivity contribution in [1.29, 1.82) is 0 Å². The quantitative estimate of drug-likeness (QED) is 0.719. The number of nitrogens with one attached hydrogen (secondary N) is 1. The molecule has 0 atom stereocenters. The van der Waals surface area contributed by atoms with Crippen LogP contribution >= 0.6 is 0 Å². The summed E-state index contributed by atoms with van der Waals surface area (Å²) in [5.74, 6) is 0. The topological polar surface area (TPSA) is 38.0 Å². The van der Waals surface area contributed by atoms with Crippen molar-refractivity contribution in [2.45, 2.75) is 19.8 Å². The molecule has 74 valence electrons. The number of anilines is 1. The molecule has 1 aromatic rings. The van der Waals surface area contributed by atoms with Crippen LogP contribution in [0.5, 0.6) is 0 Å². The van der Waals surface area contributed by atoms with Crippen molar-refractivity contribution in [3.63, 3.8) is 0 Å². The maximum Gasteiger partial charge on any atom is 0.0437 e. The van der Waals surface area contributed by atoms with E-state index in [1.807, 2.05) is 0 Å². The summed E-state index contributed by atoms with van der Waals surface area (Å²) < 4.78 is 0. The third-order valence-corrected chi connectivity index (χ3v) is 2.56. The number of hydrogen-bond acceptors (Lipinski definition) is 2. The van der Waals surface area contributed by atoms with E-state index in [-0.39, 0.29) is 0 Å². The first-order valence-corrected chi connectivity index (χ1v) is 5.14. The van der Waals surface area contributed by atoms with E-state index in [1.54, 1.807) is 0 Å². The Morgan fingerprint density at radius 1 is 1.43 bits per heavy atom. The van der Waals surface area contributed by atoms with Gasteiger partial charge in [-0.3, -0.25) is 0 Å². The largest absolute Gasteiger partial charge is 0.401 e. The monoisotopic (exact) mass is 188 g/mol. The van der Waals surface area contributed by atoms with Gasteiger partial charge in [0.1, 0.15) is 0 Å². The molecule has 0 fully saturated rings. The van der Waals surface area contributed by atoms with Crippen LogP contribution in [-0.2, 0) is 0 Å². The minimum atomic E-state index is 0.934. The standard InChI is InChI=1S/C12H16N2/c1-2-14-11-8-4-6-9-5-3-7-10(13)12(9)11/h4-6,8,14H,2-3,7,13H2,1H3. The number of hydrogen-bond donors (Lipinski definition) is 2.